The molecule has 0 heterocycles. The smallest absolute Gasteiger partial charge is 0.00704 e. The van der Waals surface area contributed by atoms with Crippen LogP contribution in [-0.4, -0.2) is 12.6 Å². The van der Waals surface area contributed by atoms with Crippen molar-refractivity contribution < 1.29 is 0 Å². The van der Waals surface area contributed by atoms with Gasteiger partial charge < -0.3 is 5.32 Å². The maximum absolute atomic E-state index is 3.72. The van der Waals surface area contributed by atoms with Crippen molar-refractivity contribution in [3.63, 3.8) is 0 Å². The average molecular weight is 275 g/mol. The van der Waals surface area contributed by atoms with Crippen LogP contribution in [0.2, 0.25) is 0 Å². The summed E-state index contributed by atoms with van der Waals surface area (Å²) in [5.41, 5.74) is 3.26. The molecule has 0 aliphatic carbocycles. The Balaban J connectivity index is 2.44. The monoisotopic (exact) mass is 275 g/mol. The fraction of sp³-hybridized carbons (Fsp3) is 0.684. The summed E-state index contributed by atoms with van der Waals surface area (Å²) in [4.78, 5) is 0. The zero-order valence-electron chi connectivity index (χ0n) is 14.1. The molecular formula is C19H33N. The molecule has 0 saturated heterocycles. The number of benzene rings is 1. The minimum Gasteiger partial charge on any atom is -0.314 e. The van der Waals surface area contributed by atoms with Crippen LogP contribution in [0.15, 0.2) is 24.3 Å². The van der Waals surface area contributed by atoms with Gasteiger partial charge in [-0.1, -0.05) is 57.5 Å². The molecule has 0 fully saturated rings. The van der Waals surface area contributed by atoms with Crippen molar-refractivity contribution in [3.8, 4) is 0 Å². The summed E-state index contributed by atoms with van der Waals surface area (Å²) in [5, 5.41) is 3.72. The SMILES string of the molecule is CCCNC(CCc1ccc(C)cc1)CCC(C)(C)C. The molecule has 1 aromatic rings. The van der Waals surface area contributed by atoms with Crippen LogP contribution in [0.5, 0.6) is 0 Å². The molecule has 1 N–H and O–H groups in total. The van der Waals surface area contributed by atoms with Gasteiger partial charge >= 0.3 is 0 Å². The molecule has 0 saturated carbocycles. The highest BCUT2D eigenvalue weighted by Gasteiger charge is 2.14. The van der Waals surface area contributed by atoms with Crippen LogP contribution < -0.4 is 5.32 Å². The zero-order chi connectivity index (χ0) is 15.0. The van der Waals surface area contributed by atoms with E-state index in [1.165, 1.54) is 43.2 Å². The van der Waals surface area contributed by atoms with E-state index in [9.17, 15) is 0 Å². The van der Waals surface area contributed by atoms with Gasteiger partial charge in [0.25, 0.3) is 0 Å². The van der Waals surface area contributed by atoms with E-state index in [2.05, 4.69) is 64.2 Å². The van der Waals surface area contributed by atoms with E-state index >= 15 is 0 Å². The Kier molecular flexibility index (Phi) is 7.29. The number of aryl methyl sites for hydroxylation is 2. The van der Waals surface area contributed by atoms with Crippen LogP contribution in [0, 0.1) is 12.3 Å². The van der Waals surface area contributed by atoms with E-state index in [1.54, 1.807) is 0 Å². The average Bonchev–Trinajstić information content (AvgIpc) is 2.38. The van der Waals surface area contributed by atoms with Gasteiger partial charge in [-0.25, -0.2) is 0 Å². The lowest BCUT2D eigenvalue weighted by Crippen LogP contribution is -2.31. The summed E-state index contributed by atoms with van der Waals surface area (Å²) < 4.78 is 0. The van der Waals surface area contributed by atoms with Crippen molar-refractivity contribution in [3.05, 3.63) is 35.4 Å². The van der Waals surface area contributed by atoms with Crippen LogP contribution in [-0.2, 0) is 6.42 Å². The van der Waals surface area contributed by atoms with Crippen molar-refractivity contribution >= 4 is 0 Å². The summed E-state index contributed by atoms with van der Waals surface area (Å²) >= 11 is 0. The quantitative estimate of drug-likeness (QED) is 0.694. The summed E-state index contributed by atoms with van der Waals surface area (Å²) in [6, 6.07) is 9.65. The largest absolute Gasteiger partial charge is 0.314 e. The second-order valence-electron chi connectivity index (χ2n) is 7.27. The van der Waals surface area contributed by atoms with E-state index in [1.807, 2.05) is 0 Å². The third-order valence-electron chi connectivity index (χ3n) is 3.83. The second kappa shape index (κ2) is 8.46. The van der Waals surface area contributed by atoms with E-state index in [4.69, 9.17) is 0 Å². The van der Waals surface area contributed by atoms with Crippen LogP contribution in [0.4, 0.5) is 0 Å². The molecule has 0 radical (unpaired) electrons. The van der Waals surface area contributed by atoms with Gasteiger partial charge in [0.05, 0.1) is 0 Å². The summed E-state index contributed by atoms with van der Waals surface area (Å²) in [6.07, 6.45) is 6.24. The Bertz CT molecular complexity index is 358. The lowest BCUT2D eigenvalue weighted by molar-refractivity contribution is 0.323. The van der Waals surface area contributed by atoms with Gasteiger partial charge in [-0.05, 0) is 56.6 Å². The first kappa shape index (κ1) is 17.2. The Hall–Kier alpha value is -0.820. The van der Waals surface area contributed by atoms with Gasteiger partial charge in [0.2, 0.25) is 0 Å². The van der Waals surface area contributed by atoms with Crippen LogP contribution in [0.3, 0.4) is 0 Å². The molecule has 0 aromatic heterocycles. The van der Waals surface area contributed by atoms with Crippen molar-refractivity contribution in [2.45, 2.75) is 72.8 Å². The number of hydrogen-bond acceptors (Lipinski definition) is 1. The lowest BCUT2D eigenvalue weighted by atomic mass is 9.87. The van der Waals surface area contributed by atoms with E-state index in [0.717, 1.165) is 6.54 Å². The molecule has 1 rings (SSSR count). The summed E-state index contributed by atoms with van der Waals surface area (Å²) in [6.45, 7) is 12.5. The van der Waals surface area contributed by atoms with Crippen LogP contribution >= 0.6 is 0 Å². The van der Waals surface area contributed by atoms with Gasteiger partial charge in [-0.15, -0.1) is 0 Å². The first-order valence-electron chi connectivity index (χ1n) is 8.19. The molecule has 1 unspecified atom stereocenters. The first-order chi connectivity index (χ1) is 9.40. The molecule has 1 aromatic carbocycles. The molecule has 0 aliphatic rings. The molecular weight excluding hydrogens is 242 g/mol. The minimum absolute atomic E-state index is 0.440. The molecule has 1 nitrogen and oxygen atoms in total. The Morgan fingerprint density at radius 3 is 2.25 bits per heavy atom. The Labute approximate surface area is 126 Å². The topological polar surface area (TPSA) is 12.0 Å². The highest BCUT2D eigenvalue weighted by Crippen LogP contribution is 2.23. The Morgan fingerprint density at radius 2 is 1.70 bits per heavy atom. The molecule has 0 amide bonds. The second-order valence-corrected chi connectivity index (χ2v) is 7.27. The molecule has 114 valence electrons. The lowest BCUT2D eigenvalue weighted by Gasteiger charge is -2.24. The third-order valence-corrected chi connectivity index (χ3v) is 3.83. The first-order valence-corrected chi connectivity index (χ1v) is 8.19. The molecule has 1 atom stereocenters. The predicted octanol–water partition coefficient (Wildman–Crippen LogP) is 5.12. The van der Waals surface area contributed by atoms with E-state index in [0.29, 0.717) is 11.5 Å². The van der Waals surface area contributed by atoms with Crippen LogP contribution in [0.25, 0.3) is 0 Å². The fourth-order valence-electron chi connectivity index (χ4n) is 2.40. The minimum atomic E-state index is 0.440. The number of hydrogen-bond donors (Lipinski definition) is 1. The molecule has 1 heteroatoms. The summed E-state index contributed by atoms with van der Waals surface area (Å²) in [5.74, 6) is 0. The van der Waals surface area contributed by atoms with Gasteiger partial charge in [-0.2, -0.15) is 0 Å². The Morgan fingerprint density at radius 1 is 1.05 bits per heavy atom. The van der Waals surface area contributed by atoms with E-state index in [-0.39, 0.29) is 0 Å². The normalized spacial score (nSPS) is 13.4. The van der Waals surface area contributed by atoms with Gasteiger partial charge in [0.1, 0.15) is 0 Å². The zero-order valence-corrected chi connectivity index (χ0v) is 14.1. The summed E-state index contributed by atoms with van der Waals surface area (Å²) in [7, 11) is 0. The predicted molar refractivity (Wildman–Crippen MR) is 90.3 cm³/mol. The van der Waals surface area contributed by atoms with Gasteiger partial charge in [-0.3, -0.25) is 0 Å². The van der Waals surface area contributed by atoms with Gasteiger partial charge in [0, 0.05) is 6.04 Å². The van der Waals surface area contributed by atoms with Crippen molar-refractivity contribution in [1.29, 1.82) is 0 Å². The molecule has 0 aliphatic heterocycles. The van der Waals surface area contributed by atoms with Crippen LogP contribution in [0.1, 0.15) is 64.5 Å². The maximum Gasteiger partial charge on any atom is 0.00704 e. The maximum atomic E-state index is 3.72. The standard InChI is InChI=1S/C19H33N/c1-6-15-20-18(13-14-19(3,4)5)12-11-17-9-7-16(2)8-10-17/h7-10,18,20H,6,11-15H2,1-5H3. The third kappa shape index (κ3) is 7.69. The molecule has 0 spiro atoms. The van der Waals surface area contributed by atoms with Crippen molar-refractivity contribution in [2.75, 3.05) is 6.54 Å². The van der Waals surface area contributed by atoms with E-state index < -0.39 is 0 Å². The number of nitrogens with one attached hydrogen (secondary N) is 1. The fourth-order valence-corrected chi connectivity index (χ4v) is 2.40. The molecule has 0 bridgehead atoms. The highest BCUT2D eigenvalue weighted by molar-refractivity contribution is 5.21. The highest BCUT2D eigenvalue weighted by atomic mass is 14.9. The molecule has 20 heavy (non-hydrogen) atoms. The van der Waals surface area contributed by atoms with Gasteiger partial charge in [0.15, 0.2) is 0 Å². The number of rotatable bonds is 8. The van der Waals surface area contributed by atoms with Crippen molar-refractivity contribution in [1.82, 2.24) is 5.32 Å². The van der Waals surface area contributed by atoms with Crippen molar-refractivity contribution in [2.24, 2.45) is 5.41 Å².